The summed E-state index contributed by atoms with van der Waals surface area (Å²) >= 11 is 0. The summed E-state index contributed by atoms with van der Waals surface area (Å²) in [6, 6.07) is 25.7. The lowest BCUT2D eigenvalue weighted by Gasteiger charge is -2.16. The average Bonchev–Trinajstić information content (AvgIpc) is 3.02. The minimum atomic E-state index is -0.355. The first kappa shape index (κ1) is 19.7. The Hall–Kier alpha value is -3.60. The maximum atomic E-state index is 11.6. The highest BCUT2D eigenvalue weighted by Gasteiger charge is 2.27. The van der Waals surface area contributed by atoms with Gasteiger partial charge in [-0.3, -0.25) is 10.1 Å². The third kappa shape index (κ3) is 3.92. The molecule has 0 spiro atoms. The van der Waals surface area contributed by atoms with E-state index in [0.29, 0.717) is 12.4 Å². The third-order valence-electron chi connectivity index (χ3n) is 5.64. The molecule has 0 radical (unpaired) electrons. The first-order valence-corrected chi connectivity index (χ1v) is 9.97. The van der Waals surface area contributed by atoms with Gasteiger partial charge >= 0.3 is 0 Å². The van der Waals surface area contributed by atoms with Crippen molar-refractivity contribution < 1.29 is 9.66 Å². The molecular formula is C25H24N2O3. The quantitative estimate of drug-likeness (QED) is 0.305. The van der Waals surface area contributed by atoms with E-state index in [1.165, 1.54) is 0 Å². The Morgan fingerprint density at radius 2 is 1.73 bits per heavy atom. The predicted molar refractivity (Wildman–Crippen MR) is 119 cm³/mol. The SMILES string of the molecule is Cc1c(C(C[N+](=O)[O-])c2cccc(OCc3ccccc3)c2)c2ccccc2n1C. The number of nitro groups is 1. The lowest BCUT2D eigenvalue weighted by molar-refractivity contribution is -0.481. The van der Waals surface area contributed by atoms with E-state index < -0.39 is 0 Å². The van der Waals surface area contributed by atoms with E-state index in [9.17, 15) is 10.1 Å². The second-order valence-corrected chi connectivity index (χ2v) is 7.49. The number of aryl methyl sites for hydroxylation is 1. The molecule has 0 aliphatic rings. The number of rotatable bonds is 7. The van der Waals surface area contributed by atoms with Crippen molar-refractivity contribution >= 4 is 10.9 Å². The summed E-state index contributed by atoms with van der Waals surface area (Å²) in [6.45, 7) is 2.31. The number of ether oxygens (including phenoxy) is 1. The number of para-hydroxylation sites is 1. The molecule has 0 saturated heterocycles. The number of nitrogens with zero attached hydrogens (tertiary/aromatic N) is 2. The number of aromatic nitrogens is 1. The molecule has 1 aromatic heterocycles. The molecule has 0 amide bonds. The monoisotopic (exact) mass is 400 g/mol. The van der Waals surface area contributed by atoms with E-state index in [1.807, 2.05) is 86.8 Å². The van der Waals surface area contributed by atoms with Gasteiger partial charge in [-0.1, -0.05) is 60.7 Å². The van der Waals surface area contributed by atoms with Crippen molar-refractivity contribution in [1.29, 1.82) is 0 Å². The van der Waals surface area contributed by atoms with Crippen LogP contribution in [0.1, 0.15) is 28.3 Å². The van der Waals surface area contributed by atoms with Crippen LogP contribution in [-0.4, -0.2) is 16.0 Å². The van der Waals surface area contributed by atoms with Crippen molar-refractivity contribution in [3.63, 3.8) is 0 Å². The zero-order chi connectivity index (χ0) is 21.1. The highest BCUT2D eigenvalue weighted by Crippen LogP contribution is 2.36. The summed E-state index contributed by atoms with van der Waals surface area (Å²) in [5, 5.41) is 12.6. The summed E-state index contributed by atoms with van der Waals surface area (Å²) < 4.78 is 8.08. The van der Waals surface area contributed by atoms with Gasteiger partial charge in [0.25, 0.3) is 0 Å². The molecule has 4 aromatic rings. The summed E-state index contributed by atoms with van der Waals surface area (Å²) in [7, 11) is 2.00. The Bertz CT molecular complexity index is 1180. The van der Waals surface area contributed by atoms with Crippen molar-refractivity contribution in [3.8, 4) is 5.75 Å². The lowest BCUT2D eigenvalue weighted by atomic mass is 9.89. The van der Waals surface area contributed by atoms with Crippen molar-refractivity contribution in [3.05, 3.63) is 111 Å². The second kappa shape index (κ2) is 8.41. The van der Waals surface area contributed by atoms with Crippen LogP contribution < -0.4 is 4.74 Å². The van der Waals surface area contributed by atoms with Gasteiger partial charge in [0.2, 0.25) is 6.54 Å². The van der Waals surface area contributed by atoms with Gasteiger partial charge in [0.1, 0.15) is 12.4 Å². The van der Waals surface area contributed by atoms with Gasteiger partial charge in [0, 0.05) is 28.6 Å². The molecule has 1 atom stereocenters. The van der Waals surface area contributed by atoms with Crippen LogP contribution in [0, 0.1) is 17.0 Å². The molecule has 4 rings (SSSR count). The van der Waals surface area contributed by atoms with E-state index in [-0.39, 0.29) is 17.4 Å². The zero-order valence-corrected chi connectivity index (χ0v) is 17.1. The molecule has 0 aliphatic heterocycles. The fourth-order valence-electron chi connectivity index (χ4n) is 4.06. The maximum absolute atomic E-state index is 11.6. The minimum Gasteiger partial charge on any atom is -0.489 e. The molecule has 0 N–H and O–H groups in total. The summed E-state index contributed by atoms with van der Waals surface area (Å²) in [5.41, 5.74) is 5.09. The summed E-state index contributed by atoms with van der Waals surface area (Å²) in [5.74, 6) is 0.356. The molecule has 1 heterocycles. The predicted octanol–water partition coefficient (Wildman–Crippen LogP) is 5.47. The number of fused-ring (bicyclic) bond motifs is 1. The van der Waals surface area contributed by atoms with E-state index >= 15 is 0 Å². The van der Waals surface area contributed by atoms with Crippen LogP contribution in [0.4, 0.5) is 0 Å². The molecular weight excluding hydrogens is 376 g/mol. The molecule has 0 aliphatic carbocycles. The van der Waals surface area contributed by atoms with Gasteiger partial charge in [-0.2, -0.15) is 0 Å². The van der Waals surface area contributed by atoms with Gasteiger partial charge in [0.05, 0.1) is 5.92 Å². The molecule has 0 bridgehead atoms. The first-order valence-electron chi connectivity index (χ1n) is 9.97. The van der Waals surface area contributed by atoms with Gasteiger partial charge in [-0.15, -0.1) is 0 Å². The third-order valence-corrected chi connectivity index (χ3v) is 5.64. The Morgan fingerprint density at radius 3 is 2.50 bits per heavy atom. The van der Waals surface area contributed by atoms with Crippen molar-refractivity contribution in [2.24, 2.45) is 7.05 Å². The average molecular weight is 400 g/mol. The van der Waals surface area contributed by atoms with E-state index in [0.717, 1.165) is 33.3 Å². The minimum absolute atomic E-state index is 0.170. The fourth-order valence-corrected chi connectivity index (χ4v) is 4.06. The van der Waals surface area contributed by atoms with Crippen molar-refractivity contribution in [2.75, 3.05) is 6.54 Å². The van der Waals surface area contributed by atoms with Crippen LogP contribution in [-0.2, 0) is 13.7 Å². The highest BCUT2D eigenvalue weighted by atomic mass is 16.6. The molecule has 3 aromatic carbocycles. The Labute approximate surface area is 175 Å². The number of hydrogen-bond donors (Lipinski definition) is 0. The first-order chi connectivity index (χ1) is 14.5. The van der Waals surface area contributed by atoms with E-state index in [2.05, 4.69) is 10.6 Å². The van der Waals surface area contributed by atoms with E-state index in [4.69, 9.17) is 4.74 Å². The van der Waals surface area contributed by atoms with Crippen molar-refractivity contribution in [1.82, 2.24) is 4.57 Å². The zero-order valence-electron chi connectivity index (χ0n) is 17.1. The Balaban J connectivity index is 1.72. The second-order valence-electron chi connectivity index (χ2n) is 7.49. The standard InChI is InChI=1S/C25H24N2O3/c1-18-25(22-13-6-7-14-24(22)26(18)2)23(16-27(28)29)20-11-8-12-21(15-20)30-17-19-9-4-3-5-10-19/h3-15,23H,16-17H2,1-2H3. The van der Waals surface area contributed by atoms with Gasteiger partial charge in [0.15, 0.2) is 0 Å². The van der Waals surface area contributed by atoms with Crippen LogP contribution >= 0.6 is 0 Å². The molecule has 0 fully saturated rings. The molecule has 1 unspecified atom stereocenters. The van der Waals surface area contributed by atoms with Crippen molar-refractivity contribution in [2.45, 2.75) is 19.4 Å². The fraction of sp³-hybridized carbons (Fsp3) is 0.200. The van der Waals surface area contributed by atoms with Crippen LogP contribution in [0.5, 0.6) is 5.75 Å². The van der Waals surface area contributed by atoms with Gasteiger partial charge in [-0.05, 0) is 41.8 Å². The summed E-state index contributed by atoms with van der Waals surface area (Å²) in [4.78, 5) is 11.3. The van der Waals surface area contributed by atoms with E-state index in [1.54, 1.807) is 0 Å². The molecule has 5 heteroatoms. The molecule has 5 nitrogen and oxygen atoms in total. The maximum Gasteiger partial charge on any atom is 0.214 e. The smallest absolute Gasteiger partial charge is 0.214 e. The Kier molecular flexibility index (Phi) is 5.53. The Morgan fingerprint density at radius 1 is 1.00 bits per heavy atom. The lowest BCUT2D eigenvalue weighted by Crippen LogP contribution is -2.15. The molecule has 0 saturated carbocycles. The van der Waals surface area contributed by atoms with Gasteiger partial charge in [-0.25, -0.2) is 0 Å². The normalized spacial score (nSPS) is 12.1. The largest absolute Gasteiger partial charge is 0.489 e. The highest BCUT2D eigenvalue weighted by molar-refractivity contribution is 5.86. The van der Waals surface area contributed by atoms with Crippen LogP contribution in [0.25, 0.3) is 10.9 Å². The number of benzene rings is 3. The molecule has 152 valence electrons. The summed E-state index contributed by atoms with van der Waals surface area (Å²) in [6.07, 6.45) is 0. The van der Waals surface area contributed by atoms with Gasteiger partial charge < -0.3 is 9.30 Å². The topological polar surface area (TPSA) is 57.3 Å². The van der Waals surface area contributed by atoms with Crippen LogP contribution in [0.15, 0.2) is 78.9 Å². The molecule has 30 heavy (non-hydrogen) atoms. The van der Waals surface area contributed by atoms with Crippen LogP contribution in [0.2, 0.25) is 0 Å². The number of hydrogen-bond acceptors (Lipinski definition) is 3. The van der Waals surface area contributed by atoms with Crippen LogP contribution in [0.3, 0.4) is 0 Å².